The van der Waals surface area contributed by atoms with Crippen LogP contribution < -0.4 is 15.8 Å². The lowest BCUT2D eigenvalue weighted by atomic mass is 10.2. The number of rotatable bonds is 3. The molecule has 0 saturated heterocycles. The molecular weight excluding hydrogens is 237 g/mol. The minimum atomic E-state index is -4.76. The second-order valence-electron chi connectivity index (χ2n) is 3.35. The Morgan fingerprint density at radius 1 is 1.47 bits per heavy atom. The van der Waals surface area contributed by atoms with Gasteiger partial charge in [0.2, 0.25) is 5.91 Å². The Kier molecular flexibility index (Phi) is 3.95. The number of alkyl halides is 3. The fourth-order valence-corrected chi connectivity index (χ4v) is 1.03. The van der Waals surface area contributed by atoms with E-state index < -0.39 is 24.1 Å². The highest BCUT2D eigenvalue weighted by atomic mass is 19.4. The zero-order valence-corrected chi connectivity index (χ0v) is 8.91. The number of nitrogens with one attached hydrogen (secondary N) is 1. The number of benzene rings is 1. The van der Waals surface area contributed by atoms with E-state index in [2.05, 4.69) is 10.1 Å². The van der Waals surface area contributed by atoms with Gasteiger partial charge in [0.25, 0.3) is 0 Å². The molecule has 7 heteroatoms. The van der Waals surface area contributed by atoms with E-state index in [0.717, 1.165) is 12.1 Å². The summed E-state index contributed by atoms with van der Waals surface area (Å²) in [5.41, 5.74) is 5.49. The van der Waals surface area contributed by atoms with Crippen LogP contribution >= 0.6 is 0 Å². The highest BCUT2D eigenvalue weighted by molar-refractivity contribution is 5.94. The van der Waals surface area contributed by atoms with Crippen LogP contribution in [0.4, 0.5) is 18.9 Å². The van der Waals surface area contributed by atoms with E-state index in [-0.39, 0.29) is 5.69 Å². The Morgan fingerprint density at radius 3 is 2.65 bits per heavy atom. The molecule has 1 aromatic carbocycles. The molecule has 4 nitrogen and oxygen atoms in total. The highest BCUT2D eigenvalue weighted by Gasteiger charge is 2.31. The van der Waals surface area contributed by atoms with Gasteiger partial charge in [-0.1, -0.05) is 6.07 Å². The van der Waals surface area contributed by atoms with E-state index in [9.17, 15) is 18.0 Å². The van der Waals surface area contributed by atoms with Crippen LogP contribution in [0, 0.1) is 0 Å². The van der Waals surface area contributed by atoms with Crippen molar-refractivity contribution in [2.75, 3.05) is 5.32 Å². The number of carbonyl (C=O) groups excluding carboxylic acids is 1. The van der Waals surface area contributed by atoms with Gasteiger partial charge in [0, 0.05) is 11.8 Å². The van der Waals surface area contributed by atoms with Crippen molar-refractivity contribution in [3.63, 3.8) is 0 Å². The minimum Gasteiger partial charge on any atom is -0.406 e. The van der Waals surface area contributed by atoms with Crippen LogP contribution in [0.5, 0.6) is 5.75 Å². The van der Waals surface area contributed by atoms with E-state index in [0.29, 0.717) is 0 Å². The molecule has 17 heavy (non-hydrogen) atoms. The Bertz CT molecular complexity index is 405. The standard InChI is InChI=1S/C10H11F3N2O2/c1-6(14)9(16)15-7-3-2-4-8(5-7)17-10(11,12)13/h2-6H,14H2,1H3,(H,15,16)/t6-/m1/s1. The van der Waals surface area contributed by atoms with E-state index >= 15 is 0 Å². The number of hydrogen-bond acceptors (Lipinski definition) is 3. The van der Waals surface area contributed by atoms with Gasteiger partial charge in [0.05, 0.1) is 6.04 Å². The second-order valence-corrected chi connectivity index (χ2v) is 3.35. The third-order valence-electron chi connectivity index (χ3n) is 1.75. The maximum atomic E-state index is 11.9. The van der Waals surface area contributed by atoms with Crippen molar-refractivity contribution in [1.29, 1.82) is 0 Å². The predicted octanol–water partition coefficient (Wildman–Crippen LogP) is 1.87. The molecule has 0 aliphatic carbocycles. The summed E-state index contributed by atoms with van der Waals surface area (Å²) < 4.78 is 39.5. The lowest BCUT2D eigenvalue weighted by molar-refractivity contribution is -0.274. The molecule has 0 aromatic heterocycles. The minimum absolute atomic E-state index is 0.189. The molecule has 1 rings (SSSR count). The van der Waals surface area contributed by atoms with Crippen LogP contribution in [0.3, 0.4) is 0 Å². The van der Waals surface area contributed by atoms with Crippen LogP contribution in [-0.2, 0) is 4.79 Å². The maximum Gasteiger partial charge on any atom is 0.573 e. The summed E-state index contributed by atoms with van der Waals surface area (Å²) in [6, 6.07) is 4.21. The predicted molar refractivity (Wildman–Crippen MR) is 55.4 cm³/mol. The van der Waals surface area contributed by atoms with Gasteiger partial charge in [0.15, 0.2) is 0 Å². The second kappa shape index (κ2) is 5.05. The van der Waals surface area contributed by atoms with E-state index in [1.165, 1.54) is 19.1 Å². The lowest BCUT2D eigenvalue weighted by Crippen LogP contribution is -2.32. The summed E-state index contributed by atoms with van der Waals surface area (Å²) in [4.78, 5) is 11.2. The number of halogens is 3. The smallest absolute Gasteiger partial charge is 0.406 e. The fourth-order valence-electron chi connectivity index (χ4n) is 1.03. The first-order chi connectivity index (χ1) is 7.78. The zero-order valence-electron chi connectivity index (χ0n) is 8.91. The molecule has 0 aliphatic heterocycles. The summed E-state index contributed by atoms with van der Waals surface area (Å²) in [6.07, 6.45) is -4.76. The van der Waals surface area contributed by atoms with Gasteiger partial charge in [-0.05, 0) is 19.1 Å². The zero-order chi connectivity index (χ0) is 13.1. The van der Waals surface area contributed by atoms with E-state index in [4.69, 9.17) is 5.73 Å². The first-order valence-electron chi connectivity index (χ1n) is 4.70. The van der Waals surface area contributed by atoms with Gasteiger partial charge in [-0.15, -0.1) is 13.2 Å². The monoisotopic (exact) mass is 248 g/mol. The quantitative estimate of drug-likeness (QED) is 0.858. The number of anilines is 1. The topological polar surface area (TPSA) is 64.4 Å². The Balaban J connectivity index is 2.76. The molecule has 0 unspecified atom stereocenters. The molecule has 0 heterocycles. The fraction of sp³-hybridized carbons (Fsp3) is 0.300. The number of carbonyl (C=O) groups is 1. The summed E-state index contributed by atoms with van der Waals surface area (Å²) in [7, 11) is 0. The average Bonchev–Trinajstić information content (AvgIpc) is 2.15. The largest absolute Gasteiger partial charge is 0.573 e. The molecule has 1 amide bonds. The number of amides is 1. The van der Waals surface area contributed by atoms with E-state index in [1.807, 2.05) is 0 Å². The van der Waals surface area contributed by atoms with Crippen molar-refractivity contribution < 1.29 is 22.7 Å². The molecule has 0 radical (unpaired) electrons. The van der Waals surface area contributed by atoms with Gasteiger partial charge < -0.3 is 15.8 Å². The summed E-state index contributed by atoms with van der Waals surface area (Å²) in [6.45, 7) is 1.46. The third kappa shape index (κ3) is 4.73. The molecule has 0 saturated carbocycles. The van der Waals surface area contributed by atoms with Crippen LogP contribution in [-0.4, -0.2) is 18.3 Å². The van der Waals surface area contributed by atoms with Crippen molar-refractivity contribution in [2.45, 2.75) is 19.3 Å². The third-order valence-corrected chi connectivity index (χ3v) is 1.75. The Morgan fingerprint density at radius 2 is 2.12 bits per heavy atom. The van der Waals surface area contributed by atoms with Crippen molar-refractivity contribution in [3.05, 3.63) is 24.3 Å². The van der Waals surface area contributed by atoms with Gasteiger partial charge in [-0.25, -0.2) is 0 Å². The first-order valence-corrected chi connectivity index (χ1v) is 4.70. The molecule has 0 spiro atoms. The molecule has 3 N–H and O–H groups in total. The first kappa shape index (κ1) is 13.3. The molecule has 0 bridgehead atoms. The van der Waals surface area contributed by atoms with Crippen LogP contribution in [0.1, 0.15) is 6.92 Å². The average molecular weight is 248 g/mol. The van der Waals surface area contributed by atoms with Gasteiger partial charge >= 0.3 is 6.36 Å². The van der Waals surface area contributed by atoms with E-state index in [1.54, 1.807) is 0 Å². The Labute approximate surface area is 95.6 Å². The molecule has 94 valence electrons. The number of ether oxygens (including phenoxy) is 1. The van der Waals surface area contributed by atoms with Crippen molar-refractivity contribution in [1.82, 2.24) is 0 Å². The Hall–Kier alpha value is -1.76. The summed E-state index contributed by atoms with van der Waals surface area (Å²) in [5.74, 6) is -0.894. The highest BCUT2D eigenvalue weighted by Crippen LogP contribution is 2.24. The van der Waals surface area contributed by atoms with Crippen LogP contribution in [0.15, 0.2) is 24.3 Å². The lowest BCUT2D eigenvalue weighted by Gasteiger charge is -2.11. The maximum absolute atomic E-state index is 11.9. The molecule has 1 atom stereocenters. The van der Waals surface area contributed by atoms with Crippen LogP contribution in [0.2, 0.25) is 0 Å². The SMILES string of the molecule is C[C@@H](N)C(=O)Nc1cccc(OC(F)(F)F)c1. The van der Waals surface area contributed by atoms with Gasteiger partial charge in [-0.3, -0.25) is 4.79 Å². The molecule has 0 fully saturated rings. The van der Waals surface area contributed by atoms with Crippen LogP contribution in [0.25, 0.3) is 0 Å². The van der Waals surface area contributed by atoms with Crippen molar-refractivity contribution in [2.24, 2.45) is 5.73 Å². The number of nitrogens with two attached hydrogens (primary N) is 1. The number of hydrogen-bond donors (Lipinski definition) is 2. The molecule has 1 aromatic rings. The summed E-state index contributed by atoms with van der Waals surface area (Å²) >= 11 is 0. The molecule has 0 aliphatic rings. The van der Waals surface area contributed by atoms with Crippen molar-refractivity contribution >= 4 is 11.6 Å². The normalized spacial score (nSPS) is 13.0. The molecular formula is C10H11F3N2O2. The van der Waals surface area contributed by atoms with Crippen molar-refractivity contribution in [3.8, 4) is 5.75 Å². The van der Waals surface area contributed by atoms with Gasteiger partial charge in [0.1, 0.15) is 5.75 Å². The summed E-state index contributed by atoms with van der Waals surface area (Å²) in [5, 5.41) is 2.36. The van der Waals surface area contributed by atoms with Gasteiger partial charge in [-0.2, -0.15) is 0 Å².